The van der Waals surface area contributed by atoms with Gasteiger partial charge in [0.1, 0.15) is 5.75 Å². The van der Waals surface area contributed by atoms with E-state index in [9.17, 15) is 0 Å². The van der Waals surface area contributed by atoms with Crippen LogP contribution >= 0.6 is 0 Å². The van der Waals surface area contributed by atoms with E-state index >= 15 is 0 Å². The van der Waals surface area contributed by atoms with Gasteiger partial charge in [0, 0.05) is 5.56 Å². The molecule has 0 saturated heterocycles. The molecule has 0 N–H and O–H groups in total. The molecular formula is C20H28O. The van der Waals surface area contributed by atoms with Gasteiger partial charge in [-0.15, -0.1) is 0 Å². The van der Waals surface area contributed by atoms with E-state index in [1.165, 1.54) is 27.8 Å². The summed E-state index contributed by atoms with van der Waals surface area (Å²) >= 11 is 0. The second kappa shape index (κ2) is 6.09. The summed E-state index contributed by atoms with van der Waals surface area (Å²) in [6.07, 6.45) is 7.93. The summed E-state index contributed by atoms with van der Waals surface area (Å²) in [5, 5.41) is 0. The first-order valence-electron chi connectivity index (χ1n) is 7.85. The van der Waals surface area contributed by atoms with E-state index < -0.39 is 0 Å². The van der Waals surface area contributed by atoms with Crippen LogP contribution in [0.4, 0.5) is 0 Å². The third-order valence-corrected chi connectivity index (χ3v) is 4.16. The van der Waals surface area contributed by atoms with Crippen molar-refractivity contribution in [3.63, 3.8) is 0 Å². The zero-order valence-corrected chi connectivity index (χ0v) is 14.3. The molecule has 0 atom stereocenters. The lowest BCUT2D eigenvalue weighted by Crippen LogP contribution is -2.14. The van der Waals surface area contributed by atoms with E-state index in [1.807, 2.05) is 0 Å². The fraction of sp³-hybridized carbons (Fsp3) is 0.500. The topological polar surface area (TPSA) is 9.23 Å². The summed E-state index contributed by atoms with van der Waals surface area (Å²) < 4.78 is 5.76. The van der Waals surface area contributed by atoms with Gasteiger partial charge in [-0.2, -0.15) is 0 Å². The number of benzene rings is 1. The molecule has 21 heavy (non-hydrogen) atoms. The molecule has 0 unspecified atom stereocenters. The maximum absolute atomic E-state index is 5.76. The van der Waals surface area contributed by atoms with Crippen molar-refractivity contribution in [1.82, 2.24) is 0 Å². The third-order valence-electron chi connectivity index (χ3n) is 4.16. The molecule has 0 saturated carbocycles. The van der Waals surface area contributed by atoms with E-state index in [0.29, 0.717) is 0 Å². The zero-order chi connectivity index (χ0) is 15.6. The molecule has 0 bridgehead atoms. The number of methoxy groups -OCH3 is 1. The highest BCUT2D eigenvalue weighted by atomic mass is 16.5. The molecule has 2 rings (SSSR count). The highest BCUT2D eigenvalue weighted by Gasteiger charge is 2.21. The van der Waals surface area contributed by atoms with Crippen molar-refractivity contribution in [3.8, 4) is 5.75 Å². The lowest BCUT2D eigenvalue weighted by molar-refractivity contribution is 0.392. The van der Waals surface area contributed by atoms with Crippen LogP contribution in [0.3, 0.4) is 0 Å². The standard InChI is InChI=1S/C20H28O/c1-14-7-8-16(11-14)9-10-17-12-15(2)13-18(19(17)21-6)20(3,4)5/h7,11-13H,8-10H2,1-6H3. The molecule has 0 radical (unpaired) electrons. The van der Waals surface area contributed by atoms with E-state index in [2.05, 4.69) is 58.9 Å². The van der Waals surface area contributed by atoms with Crippen LogP contribution in [-0.4, -0.2) is 7.11 Å². The maximum Gasteiger partial charge on any atom is 0.125 e. The largest absolute Gasteiger partial charge is 0.496 e. The van der Waals surface area contributed by atoms with Crippen LogP contribution in [0.25, 0.3) is 0 Å². The Morgan fingerprint density at radius 1 is 1.10 bits per heavy atom. The number of hydrogen-bond acceptors (Lipinski definition) is 1. The van der Waals surface area contributed by atoms with Crippen LogP contribution < -0.4 is 4.74 Å². The molecule has 0 fully saturated rings. The third kappa shape index (κ3) is 3.78. The van der Waals surface area contributed by atoms with Gasteiger partial charge in [-0.1, -0.05) is 61.8 Å². The average molecular weight is 284 g/mol. The number of rotatable bonds is 4. The van der Waals surface area contributed by atoms with Gasteiger partial charge in [-0.3, -0.25) is 0 Å². The minimum Gasteiger partial charge on any atom is -0.496 e. The van der Waals surface area contributed by atoms with Gasteiger partial charge in [0.15, 0.2) is 0 Å². The molecule has 0 heterocycles. The molecule has 0 amide bonds. The van der Waals surface area contributed by atoms with Crippen molar-refractivity contribution in [1.29, 1.82) is 0 Å². The second-order valence-electron chi connectivity index (χ2n) is 7.21. The minimum absolute atomic E-state index is 0.108. The van der Waals surface area contributed by atoms with Gasteiger partial charge in [0.05, 0.1) is 7.11 Å². The predicted molar refractivity (Wildman–Crippen MR) is 91.2 cm³/mol. The number of ether oxygens (including phenoxy) is 1. The van der Waals surface area contributed by atoms with Crippen molar-refractivity contribution < 1.29 is 4.74 Å². The Hall–Kier alpha value is -1.50. The first kappa shape index (κ1) is 15.9. The molecule has 1 aliphatic carbocycles. The Labute approximate surface area is 129 Å². The molecule has 1 aromatic carbocycles. The number of hydrogen-bond donors (Lipinski definition) is 0. The second-order valence-corrected chi connectivity index (χ2v) is 7.21. The van der Waals surface area contributed by atoms with E-state index in [1.54, 1.807) is 7.11 Å². The lowest BCUT2D eigenvalue weighted by Gasteiger charge is -2.25. The van der Waals surface area contributed by atoms with Crippen molar-refractivity contribution in [2.75, 3.05) is 7.11 Å². The van der Waals surface area contributed by atoms with Gasteiger partial charge in [0.2, 0.25) is 0 Å². The molecule has 1 heteroatoms. The number of aryl methyl sites for hydroxylation is 2. The lowest BCUT2D eigenvalue weighted by atomic mass is 9.83. The number of allylic oxidation sites excluding steroid dienone is 4. The van der Waals surface area contributed by atoms with E-state index in [0.717, 1.165) is 25.0 Å². The Bertz CT molecular complexity index is 583. The van der Waals surface area contributed by atoms with Crippen LogP contribution in [0.5, 0.6) is 5.75 Å². The van der Waals surface area contributed by atoms with Gasteiger partial charge in [0.25, 0.3) is 0 Å². The Morgan fingerprint density at radius 2 is 1.81 bits per heavy atom. The molecule has 114 valence electrons. The van der Waals surface area contributed by atoms with Crippen molar-refractivity contribution >= 4 is 0 Å². The summed E-state index contributed by atoms with van der Waals surface area (Å²) in [6, 6.07) is 4.55. The highest BCUT2D eigenvalue weighted by Crippen LogP contribution is 2.36. The van der Waals surface area contributed by atoms with Crippen molar-refractivity contribution in [2.45, 2.75) is 59.3 Å². The Kier molecular flexibility index (Phi) is 4.61. The summed E-state index contributed by atoms with van der Waals surface area (Å²) in [6.45, 7) is 11.1. The van der Waals surface area contributed by atoms with Crippen LogP contribution in [-0.2, 0) is 11.8 Å². The van der Waals surface area contributed by atoms with E-state index in [4.69, 9.17) is 4.74 Å². The normalized spacial score (nSPS) is 15.0. The minimum atomic E-state index is 0.108. The predicted octanol–water partition coefficient (Wildman–Crippen LogP) is 5.51. The first-order valence-corrected chi connectivity index (χ1v) is 7.85. The van der Waals surface area contributed by atoms with Crippen molar-refractivity contribution in [3.05, 3.63) is 52.1 Å². The molecule has 1 aromatic rings. The quantitative estimate of drug-likeness (QED) is 0.708. The maximum atomic E-state index is 5.76. The average Bonchev–Trinajstić information content (AvgIpc) is 2.80. The van der Waals surface area contributed by atoms with Crippen LogP contribution in [0, 0.1) is 6.92 Å². The fourth-order valence-corrected chi connectivity index (χ4v) is 3.03. The van der Waals surface area contributed by atoms with Crippen molar-refractivity contribution in [2.24, 2.45) is 0 Å². The Morgan fingerprint density at radius 3 is 2.33 bits per heavy atom. The van der Waals surface area contributed by atoms with Crippen LogP contribution in [0.1, 0.15) is 57.2 Å². The van der Waals surface area contributed by atoms with Gasteiger partial charge in [-0.25, -0.2) is 0 Å². The van der Waals surface area contributed by atoms with E-state index in [-0.39, 0.29) is 5.41 Å². The highest BCUT2D eigenvalue weighted by molar-refractivity contribution is 5.48. The van der Waals surface area contributed by atoms with Gasteiger partial charge in [-0.05, 0) is 44.1 Å². The molecule has 1 nitrogen and oxygen atoms in total. The smallest absolute Gasteiger partial charge is 0.125 e. The SMILES string of the molecule is COc1c(CCC2=CC(C)=CC2)cc(C)cc1C(C)(C)C. The summed E-state index contributed by atoms with van der Waals surface area (Å²) in [5.41, 5.74) is 7.02. The monoisotopic (exact) mass is 284 g/mol. The molecule has 1 aliphatic rings. The molecule has 0 aromatic heterocycles. The fourth-order valence-electron chi connectivity index (χ4n) is 3.03. The summed E-state index contributed by atoms with van der Waals surface area (Å²) in [5.74, 6) is 1.08. The van der Waals surface area contributed by atoms with Crippen LogP contribution in [0.15, 0.2) is 35.4 Å². The van der Waals surface area contributed by atoms with Gasteiger partial charge < -0.3 is 4.74 Å². The molecule has 0 spiro atoms. The summed E-state index contributed by atoms with van der Waals surface area (Å²) in [7, 11) is 1.80. The Balaban J connectivity index is 2.26. The molecule has 0 aliphatic heterocycles. The van der Waals surface area contributed by atoms with Crippen LogP contribution in [0.2, 0.25) is 0 Å². The molecular weight excluding hydrogens is 256 g/mol. The van der Waals surface area contributed by atoms with Gasteiger partial charge >= 0.3 is 0 Å². The zero-order valence-electron chi connectivity index (χ0n) is 14.3. The summed E-state index contributed by atoms with van der Waals surface area (Å²) in [4.78, 5) is 0. The first-order chi connectivity index (χ1) is 9.81.